The molecular weight excluding hydrogens is 354 g/mol. The summed E-state index contributed by atoms with van der Waals surface area (Å²) >= 11 is 0. The van der Waals surface area contributed by atoms with Crippen LogP contribution in [0.4, 0.5) is 0 Å². The molecule has 0 fully saturated rings. The van der Waals surface area contributed by atoms with Gasteiger partial charge >= 0.3 is 0 Å². The van der Waals surface area contributed by atoms with Gasteiger partial charge in [0.2, 0.25) is 10.0 Å². The second kappa shape index (κ2) is 7.67. The highest BCUT2D eigenvalue weighted by Crippen LogP contribution is 2.26. The number of nitrogens with one attached hydrogen (secondary N) is 1. The third-order valence-electron chi connectivity index (χ3n) is 5.26. The number of fused-ring (bicyclic) bond motifs is 1. The topological polar surface area (TPSA) is 46.2 Å². The summed E-state index contributed by atoms with van der Waals surface area (Å²) in [6.07, 6.45) is 3.12. The molecule has 4 heteroatoms. The van der Waals surface area contributed by atoms with Gasteiger partial charge in [-0.25, -0.2) is 13.1 Å². The third-order valence-corrected chi connectivity index (χ3v) is 6.68. The molecule has 27 heavy (non-hydrogen) atoms. The van der Waals surface area contributed by atoms with Crippen molar-refractivity contribution in [3.8, 4) is 0 Å². The van der Waals surface area contributed by atoms with Gasteiger partial charge in [-0.15, -0.1) is 0 Å². The van der Waals surface area contributed by atoms with E-state index in [4.69, 9.17) is 0 Å². The van der Waals surface area contributed by atoms with Crippen LogP contribution in [0.25, 0.3) is 0 Å². The van der Waals surface area contributed by atoms with Crippen LogP contribution < -0.4 is 4.72 Å². The lowest BCUT2D eigenvalue weighted by Gasteiger charge is -2.19. The second-order valence-corrected chi connectivity index (χ2v) is 8.78. The second-order valence-electron chi connectivity index (χ2n) is 7.01. The Hall–Kier alpha value is -2.43. The van der Waals surface area contributed by atoms with Crippen molar-refractivity contribution in [3.63, 3.8) is 0 Å². The summed E-state index contributed by atoms with van der Waals surface area (Å²) < 4.78 is 28.6. The zero-order chi connectivity index (χ0) is 18.7. The van der Waals surface area contributed by atoms with Gasteiger partial charge in [-0.3, -0.25) is 0 Å². The van der Waals surface area contributed by atoms with Gasteiger partial charge in [0.25, 0.3) is 0 Å². The smallest absolute Gasteiger partial charge is 0.210 e. The van der Waals surface area contributed by atoms with Crippen molar-refractivity contribution >= 4 is 10.0 Å². The largest absolute Gasteiger partial charge is 0.240 e. The molecule has 0 saturated carbocycles. The van der Waals surface area contributed by atoms with Crippen LogP contribution in [0, 0.1) is 0 Å². The van der Waals surface area contributed by atoms with Crippen LogP contribution in [-0.2, 0) is 22.9 Å². The molecule has 0 aliphatic heterocycles. The molecule has 0 atom stereocenters. The van der Waals surface area contributed by atoms with Crippen LogP contribution in [0.3, 0.4) is 0 Å². The van der Waals surface area contributed by atoms with Gasteiger partial charge in [-0.05, 0) is 53.6 Å². The summed E-state index contributed by atoms with van der Waals surface area (Å²) in [5.74, 6) is -0.0309. The van der Waals surface area contributed by atoms with E-state index in [1.165, 1.54) is 11.1 Å². The summed E-state index contributed by atoms with van der Waals surface area (Å²) in [5.41, 5.74) is 4.64. The lowest BCUT2D eigenvalue weighted by Crippen LogP contribution is -2.29. The van der Waals surface area contributed by atoms with Crippen molar-refractivity contribution in [2.75, 3.05) is 6.54 Å². The Kier molecular flexibility index (Phi) is 5.10. The first-order valence-corrected chi connectivity index (χ1v) is 10.8. The molecule has 0 heterocycles. The number of benzene rings is 3. The Labute approximate surface area is 161 Å². The Morgan fingerprint density at radius 3 is 2.00 bits per heavy atom. The van der Waals surface area contributed by atoms with Crippen molar-refractivity contribution in [2.24, 2.45) is 0 Å². The highest BCUT2D eigenvalue weighted by atomic mass is 32.2. The Morgan fingerprint density at radius 2 is 1.37 bits per heavy atom. The van der Waals surface area contributed by atoms with Crippen LogP contribution in [-0.4, -0.2) is 15.0 Å². The number of rotatable bonds is 6. The minimum atomic E-state index is -3.54. The zero-order valence-electron chi connectivity index (χ0n) is 15.1. The van der Waals surface area contributed by atoms with E-state index in [2.05, 4.69) is 4.72 Å². The van der Waals surface area contributed by atoms with Crippen molar-refractivity contribution in [2.45, 2.75) is 30.1 Å². The summed E-state index contributed by atoms with van der Waals surface area (Å²) in [5, 5.41) is 0. The SMILES string of the molecule is O=S(=O)(NCC(c1ccccc1)c1ccccc1)c1ccc2c(c1)CCC2. The van der Waals surface area contributed by atoms with Gasteiger partial charge in [0.1, 0.15) is 0 Å². The molecule has 1 aliphatic rings. The van der Waals surface area contributed by atoms with Crippen molar-refractivity contribution in [1.82, 2.24) is 4.72 Å². The number of aryl methyl sites for hydroxylation is 2. The molecular formula is C23H23NO2S. The average molecular weight is 378 g/mol. The van der Waals surface area contributed by atoms with Gasteiger partial charge in [-0.2, -0.15) is 0 Å². The van der Waals surface area contributed by atoms with Gasteiger partial charge in [0, 0.05) is 12.5 Å². The van der Waals surface area contributed by atoms with Crippen LogP contribution >= 0.6 is 0 Å². The molecule has 3 nitrogen and oxygen atoms in total. The molecule has 0 bridgehead atoms. The maximum absolute atomic E-state index is 12.9. The van der Waals surface area contributed by atoms with Crippen LogP contribution in [0.2, 0.25) is 0 Å². The van der Waals surface area contributed by atoms with Gasteiger partial charge in [0.15, 0.2) is 0 Å². The Bertz CT molecular complexity index is 975. The van der Waals surface area contributed by atoms with E-state index in [9.17, 15) is 8.42 Å². The standard InChI is InChI=1S/C23H23NO2S/c25-27(26,22-15-14-18-12-7-13-21(18)16-22)24-17-23(19-8-3-1-4-9-19)20-10-5-2-6-11-20/h1-6,8-11,14-16,23-24H,7,12-13,17H2. The number of sulfonamides is 1. The van der Waals surface area contributed by atoms with Gasteiger partial charge in [0.05, 0.1) is 4.90 Å². The fourth-order valence-corrected chi connectivity index (χ4v) is 4.89. The molecule has 3 aromatic rings. The first-order valence-electron chi connectivity index (χ1n) is 9.35. The number of hydrogen-bond donors (Lipinski definition) is 1. The molecule has 0 aromatic heterocycles. The van der Waals surface area contributed by atoms with Crippen LogP contribution in [0.15, 0.2) is 83.8 Å². The van der Waals surface area contributed by atoms with E-state index >= 15 is 0 Å². The predicted molar refractivity (Wildman–Crippen MR) is 108 cm³/mol. The minimum Gasteiger partial charge on any atom is -0.210 e. The maximum Gasteiger partial charge on any atom is 0.240 e. The number of hydrogen-bond acceptors (Lipinski definition) is 2. The Morgan fingerprint density at radius 1 is 0.778 bits per heavy atom. The molecule has 3 aromatic carbocycles. The minimum absolute atomic E-state index is 0.0309. The van der Waals surface area contributed by atoms with Crippen molar-refractivity contribution in [3.05, 3.63) is 101 Å². The monoisotopic (exact) mass is 377 g/mol. The lowest BCUT2D eigenvalue weighted by molar-refractivity contribution is 0.577. The average Bonchev–Trinajstić information content (AvgIpc) is 3.18. The van der Waals surface area contributed by atoms with Crippen LogP contribution in [0.1, 0.15) is 34.6 Å². The first kappa shape index (κ1) is 18.0. The highest BCUT2D eigenvalue weighted by Gasteiger charge is 2.21. The van der Waals surface area contributed by atoms with E-state index in [1.807, 2.05) is 72.8 Å². The maximum atomic E-state index is 12.9. The van der Waals surface area contributed by atoms with Gasteiger partial charge in [-0.1, -0.05) is 66.7 Å². The predicted octanol–water partition coefficient (Wildman–Crippen LogP) is 4.29. The fourth-order valence-electron chi connectivity index (χ4n) is 3.79. The molecule has 1 N–H and O–H groups in total. The summed E-state index contributed by atoms with van der Waals surface area (Å²) in [6.45, 7) is 0.327. The molecule has 0 spiro atoms. The zero-order valence-corrected chi connectivity index (χ0v) is 16.0. The normalized spacial score (nSPS) is 13.7. The molecule has 138 valence electrons. The lowest BCUT2D eigenvalue weighted by atomic mass is 9.92. The molecule has 0 saturated heterocycles. The first-order chi connectivity index (χ1) is 13.1. The molecule has 0 unspecified atom stereocenters. The van der Waals surface area contributed by atoms with Crippen molar-refractivity contribution < 1.29 is 8.42 Å². The van der Waals surface area contributed by atoms with Gasteiger partial charge < -0.3 is 0 Å². The van der Waals surface area contributed by atoms with E-state index < -0.39 is 10.0 Å². The molecule has 4 rings (SSSR count). The van der Waals surface area contributed by atoms with E-state index in [0.29, 0.717) is 11.4 Å². The summed E-state index contributed by atoms with van der Waals surface area (Å²) in [7, 11) is -3.54. The quantitative estimate of drug-likeness (QED) is 0.697. The molecule has 0 radical (unpaired) electrons. The van der Waals surface area contributed by atoms with E-state index in [0.717, 1.165) is 30.4 Å². The fraction of sp³-hybridized carbons (Fsp3) is 0.217. The van der Waals surface area contributed by atoms with E-state index in [1.54, 1.807) is 6.07 Å². The third kappa shape index (κ3) is 3.97. The van der Waals surface area contributed by atoms with Crippen LogP contribution in [0.5, 0.6) is 0 Å². The van der Waals surface area contributed by atoms with Crippen molar-refractivity contribution in [1.29, 1.82) is 0 Å². The summed E-state index contributed by atoms with van der Waals surface area (Å²) in [4.78, 5) is 0.364. The summed E-state index contributed by atoms with van der Waals surface area (Å²) in [6, 6.07) is 25.6. The highest BCUT2D eigenvalue weighted by molar-refractivity contribution is 7.89. The molecule has 1 aliphatic carbocycles. The Balaban J connectivity index is 1.59. The molecule has 0 amide bonds. The van der Waals surface area contributed by atoms with E-state index in [-0.39, 0.29) is 5.92 Å².